The maximum Gasteiger partial charge on any atom is 0.238 e. The first-order valence-electron chi connectivity index (χ1n) is 16.0. The molecular weight excluding hydrogens is 589 g/mol. The number of hydrogen-bond acceptors (Lipinski definition) is 4. The molecule has 10 rings (SSSR count). The second-order valence-electron chi connectivity index (χ2n) is 12.1. The maximum absolute atomic E-state index is 6.32. The molecule has 5 heteroatoms. The molecule has 0 bridgehead atoms. The molecule has 0 amide bonds. The van der Waals surface area contributed by atoms with Gasteiger partial charge >= 0.3 is 0 Å². The molecule has 0 atom stereocenters. The molecule has 0 unspecified atom stereocenters. The summed E-state index contributed by atoms with van der Waals surface area (Å²) < 4.78 is 8.46. The van der Waals surface area contributed by atoms with Crippen LogP contribution >= 0.6 is 0 Å². The van der Waals surface area contributed by atoms with Crippen LogP contribution in [0.25, 0.3) is 94.4 Å². The molecule has 0 aliphatic rings. The van der Waals surface area contributed by atoms with E-state index in [0.29, 0.717) is 17.6 Å². The Morgan fingerprint density at radius 3 is 1.65 bits per heavy atom. The number of hydrogen-bond donors (Lipinski definition) is 0. The van der Waals surface area contributed by atoms with Gasteiger partial charge in [-0.3, -0.25) is 4.57 Å². The van der Waals surface area contributed by atoms with Crippen LogP contribution in [0.15, 0.2) is 162 Å². The molecule has 0 N–H and O–H groups in total. The van der Waals surface area contributed by atoms with Crippen LogP contribution < -0.4 is 0 Å². The van der Waals surface area contributed by atoms with Gasteiger partial charge in [0.25, 0.3) is 0 Å². The van der Waals surface area contributed by atoms with Crippen molar-refractivity contribution in [2.75, 3.05) is 0 Å². The predicted octanol–water partition coefficient (Wildman–Crippen LogP) is 11.0. The Hall–Kier alpha value is -6.59. The third kappa shape index (κ3) is 4.22. The van der Waals surface area contributed by atoms with Gasteiger partial charge < -0.3 is 4.42 Å². The Labute approximate surface area is 275 Å². The van der Waals surface area contributed by atoms with Gasteiger partial charge in [0.2, 0.25) is 5.95 Å². The summed E-state index contributed by atoms with van der Waals surface area (Å²) in [5.41, 5.74) is 7.90. The van der Waals surface area contributed by atoms with E-state index in [2.05, 4.69) is 120 Å². The number of para-hydroxylation sites is 2. The van der Waals surface area contributed by atoms with Crippen LogP contribution in [0.2, 0.25) is 0 Å². The van der Waals surface area contributed by atoms with Gasteiger partial charge in [0.15, 0.2) is 11.6 Å². The first-order chi connectivity index (χ1) is 23.8. The van der Waals surface area contributed by atoms with Crippen molar-refractivity contribution < 1.29 is 4.42 Å². The number of rotatable bonds is 4. The smallest absolute Gasteiger partial charge is 0.238 e. The van der Waals surface area contributed by atoms with Gasteiger partial charge in [-0.25, -0.2) is 4.98 Å². The monoisotopic (exact) mass is 614 g/mol. The van der Waals surface area contributed by atoms with Gasteiger partial charge in [-0.2, -0.15) is 9.97 Å². The van der Waals surface area contributed by atoms with Crippen molar-refractivity contribution in [3.63, 3.8) is 0 Å². The topological polar surface area (TPSA) is 56.7 Å². The molecule has 48 heavy (non-hydrogen) atoms. The Morgan fingerprint density at radius 2 is 0.917 bits per heavy atom. The molecule has 0 aliphatic heterocycles. The lowest BCUT2D eigenvalue weighted by atomic mass is 9.99. The lowest BCUT2D eigenvalue weighted by molar-refractivity contribution is 0.669. The minimum absolute atomic E-state index is 0.576. The minimum atomic E-state index is 0.576. The van der Waals surface area contributed by atoms with Crippen LogP contribution in [-0.4, -0.2) is 19.5 Å². The SMILES string of the molecule is c1ccc(-c2nc(-c3ccc4oc5ccc(-c6ccc7ccccc7c6)cc5c4c3)nc(-n3c4ccccc4c4ccccc43)n2)cc1. The Balaban J connectivity index is 1.18. The van der Waals surface area contributed by atoms with E-state index in [9.17, 15) is 0 Å². The van der Waals surface area contributed by atoms with Crippen molar-refractivity contribution in [1.29, 1.82) is 0 Å². The zero-order valence-electron chi connectivity index (χ0n) is 25.7. The molecular formula is C43H26N4O. The van der Waals surface area contributed by atoms with Gasteiger partial charge in [0, 0.05) is 32.7 Å². The number of benzene rings is 7. The fourth-order valence-corrected chi connectivity index (χ4v) is 6.91. The zero-order valence-corrected chi connectivity index (χ0v) is 25.7. The van der Waals surface area contributed by atoms with Crippen LogP contribution in [0, 0.1) is 0 Å². The van der Waals surface area contributed by atoms with Crippen LogP contribution in [0.5, 0.6) is 0 Å². The number of aromatic nitrogens is 4. The molecule has 3 heterocycles. The van der Waals surface area contributed by atoms with Gasteiger partial charge in [0.05, 0.1) is 11.0 Å². The van der Waals surface area contributed by atoms with E-state index in [1.54, 1.807) is 0 Å². The van der Waals surface area contributed by atoms with Crippen LogP contribution in [0.1, 0.15) is 0 Å². The molecule has 5 nitrogen and oxygen atoms in total. The quantitative estimate of drug-likeness (QED) is 0.198. The first-order valence-corrected chi connectivity index (χ1v) is 16.0. The molecule has 0 saturated carbocycles. The Bertz CT molecular complexity index is 2800. The highest BCUT2D eigenvalue weighted by molar-refractivity contribution is 6.09. The number of fused-ring (bicyclic) bond motifs is 7. The molecule has 0 saturated heterocycles. The number of furan rings is 1. The van der Waals surface area contributed by atoms with Gasteiger partial charge in [-0.1, -0.05) is 109 Å². The van der Waals surface area contributed by atoms with E-state index in [0.717, 1.165) is 60.4 Å². The van der Waals surface area contributed by atoms with Gasteiger partial charge in [0.1, 0.15) is 11.2 Å². The first kappa shape index (κ1) is 26.6. The third-order valence-electron chi connectivity index (χ3n) is 9.25. The summed E-state index contributed by atoms with van der Waals surface area (Å²) in [4.78, 5) is 15.3. The van der Waals surface area contributed by atoms with E-state index >= 15 is 0 Å². The predicted molar refractivity (Wildman–Crippen MR) is 195 cm³/mol. The summed E-state index contributed by atoms with van der Waals surface area (Å²) >= 11 is 0. The highest BCUT2D eigenvalue weighted by atomic mass is 16.3. The van der Waals surface area contributed by atoms with E-state index < -0.39 is 0 Å². The van der Waals surface area contributed by atoms with Gasteiger partial charge in [-0.15, -0.1) is 0 Å². The van der Waals surface area contributed by atoms with Crippen molar-refractivity contribution >= 4 is 54.5 Å². The third-order valence-corrected chi connectivity index (χ3v) is 9.25. The normalized spacial score (nSPS) is 11.8. The lowest BCUT2D eigenvalue weighted by Crippen LogP contribution is -2.06. The molecule has 0 spiro atoms. The summed E-state index contributed by atoms with van der Waals surface area (Å²) in [6.45, 7) is 0. The largest absolute Gasteiger partial charge is 0.456 e. The summed E-state index contributed by atoms with van der Waals surface area (Å²) in [6.07, 6.45) is 0. The second kappa shape index (κ2) is 10.5. The van der Waals surface area contributed by atoms with Crippen molar-refractivity contribution in [2.45, 2.75) is 0 Å². The molecule has 0 aliphatic carbocycles. The highest BCUT2D eigenvalue weighted by Crippen LogP contribution is 2.36. The summed E-state index contributed by atoms with van der Waals surface area (Å²) in [7, 11) is 0. The number of nitrogens with zero attached hydrogens (tertiary/aromatic N) is 4. The summed E-state index contributed by atoms with van der Waals surface area (Å²) in [5.74, 6) is 1.79. The zero-order chi connectivity index (χ0) is 31.6. The van der Waals surface area contributed by atoms with E-state index in [1.165, 1.54) is 16.3 Å². The fraction of sp³-hybridized carbons (Fsp3) is 0. The van der Waals surface area contributed by atoms with Crippen molar-refractivity contribution in [1.82, 2.24) is 19.5 Å². The second-order valence-corrected chi connectivity index (χ2v) is 12.1. The molecule has 0 fully saturated rings. The summed E-state index contributed by atoms with van der Waals surface area (Å²) in [6, 6.07) is 54.6. The molecule has 3 aromatic heterocycles. The molecule has 224 valence electrons. The standard InChI is InChI=1S/C43H26N4O/c1-2-11-28(12-3-1)41-44-42(46-43(45-41)47-37-16-8-6-14-33(37)34-15-7-9-17-38(34)47)32-21-23-40-36(26-32)35-25-31(20-22-39(35)48-40)30-19-18-27-10-4-5-13-29(27)24-30/h1-26H. The van der Waals surface area contributed by atoms with Crippen molar-refractivity contribution in [2.24, 2.45) is 0 Å². The maximum atomic E-state index is 6.32. The molecule has 0 radical (unpaired) electrons. The van der Waals surface area contributed by atoms with Crippen molar-refractivity contribution in [3.05, 3.63) is 158 Å². The average molecular weight is 615 g/mol. The summed E-state index contributed by atoms with van der Waals surface area (Å²) in [5, 5.41) is 6.84. The Morgan fingerprint density at radius 1 is 0.375 bits per heavy atom. The van der Waals surface area contributed by atoms with E-state index in [1.807, 2.05) is 42.5 Å². The van der Waals surface area contributed by atoms with Crippen LogP contribution in [-0.2, 0) is 0 Å². The highest BCUT2D eigenvalue weighted by Gasteiger charge is 2.18. The molecule has 7 aromatic carbocycles. The Kier molecular flexibility index (Phi) is 5.81. The van der Waals surface area contributed by atoms with Crippen molar-refractivity contribution in [3.8, 4) is 39.9 Å². The van der Waals surface area contributed by atoms with Gasteiger partial charge in [-0.05, 0) is 70.4 Å². The van der Waals surface area contributed by atoms with E-state index in [4.69, 9.17) is 19.4 Å². The van der Waals surface area contributed by atoms with E-state index in [-0.39, 0.29) is 0 Å². The lowest BCUT2D eigenvalue weighted by Gasteiger charge is -2.11. The van der Waals surface area contributed by atoms with Crippen LogP contribution in [0.3, 0.4) is 0 Å². The average Bonchev–Trinajstić information content (AvgIpc) is 3.70. The van der Waals surface area contributed by atoms with Crippen LogP contribution in [0.4, 0.5) is 0 Å². The molecule has 10 aromatic rings. The minimum Gasteiger partial charge on any atom is -0.456 e. The fourth-order valence-electron chi connectivity index (χ4n) is 6.91.